The molecule has 2 heterocycles. The van der Waals surface area contributed by atoms with Crippen molar-refractivity contribution >= 4 is 34.5 Å². The van der Waals surface area contributed by atoms with Crippen LogP contribution in [0.5, 0.6) is 0 Å². The molecule has 0 saturated carbocycles. The van der Waals surface area contributed by atoms with E-state index in [1.165, 1.54) is 11.3 Å². The smallest absolute Gasteiger partial charge is 0.0991 e. The summed E-state index contributed by atoms with van der Waals surface area (Å²) < 4.78 is 3.23. The van der Waals surface area contributed by atoms with Crippen molar-refractivity contribution in [2.75, 3.05) is 0 Å². The van der Waals surface area contributed by atoms with E-state index in [-0.39, 0.29) is 6.04 Å². The standard InChI is InChI=1S/C11H13Cl2N3S/c1-16-7(4-5-15-16)2-3-9(14)8-6-10(12)17-11(8)13/h4-6,9H,2-3,14H2,1H3. The van der Waals surface area contributed by atoms with Crippen molar-refractivity contribution in [1.29, 1.82) is 0 Å². The zero-order valence-electron chi connectivity index (χ0n) is 9.36. The first-order valence-corrected chi connectivity index (χ1v) is 6.82. The van der Waals surface area contributed by atoms with Gasteiger partial charge in [0.2, 0.25) is 0 Å². The summed E-state index contributed by atoms with van der Waals surface area (Å²) in [5, 5.41) is 4.12. The van der Waals surface area contributed by atoms with Gasteiger partial charge in [0.25, 0.3) is 0 Å². The van der Waals surface area contributed by atoms with Crippen molar-refractivity contribution in [2.45, 2.75) is 18.9 Å². The Balaban J connectivity index is 2.00. The van der Waals surface area contributed by atoms with Crippen molar-refractivity contribution < 1.29 is 0 Å². The summed E-state index contributed by atoms with van der Waals surface area (Å²) in [5.41, 5.74) is 8.21. The Morgan fingerprint density at radius 1 is 1.53 bits per heavy atom. The molecule has 1 atom stereocenters. The first-order valence-electron chi connectivity index (χ1n) is 5.25. The first-order chi connectivity index (χ1) is 8.08. The Kier molecular flexibility index (Phi) is 4.09. The second-order valence-electron chi connectivity index (χ2n) is 3.87. The predicted molar refractivity (Wildman–Crippen MR) is 72.8 cm³/mol. The number of thiophene rings is 1. The van der Waals surface area contributed by atoms with Crippen LogP contribution < -0.4 is 5.73 Å². The molecule has 6 heteroatoms. The predicted octanol–water partition coefficient (Wildman–Crippen LogP) is 3.42. The van der Waals surface area contributed by atoms with Gasteiger partial charge >= 0.3 is 0 Å². The minimum absolute atomic E-state index is 0.0823. The van der Waals surface area contributed by atoms with Crippen molar-refractivity contribution in [1.82, 2.24) is 9.78 Å². The van der Waals surface area contributed by atoms with Crippen LogP contribution in [-0.2, 0) is 13.5 Å². The normalized spacial score (nSPS) is 12.9. The Labute approximate surface area is 114 Å². The molecule has 0 bridgehead atoms. The van der Waals surface area contributed by atoms with E-state index in [1.807, 2.05) is 23.9 Å². The molecule has 2 rings (SSSR count). The Morgan fingerprint density at radius 2 is 2.29 bits per heavy atom. The molecular formula is C11H13Cl2N3S. The molecule has 2 aromatic heterocycles. The average molecular weight is 290 g/mol. The molecule has 0 aliphatic heterocycles. The topological polar surface area (TPSA) is 43.8 Å². The molecular weight excluding hydrogens is 277 g/mol. The largest absolute Gasteiger partial charge is 0.324 e. The number of hydrogen-bond acceptors (Lipinski definition) is 3. The summed E-state index contributed by atoms with van der Waals surface area (Å²) in [6.45, 7) is 0. The molecule has 1 unspecified atom stereocenters. The van der Waals surface area contributed by atoms with E-state index in [0.717, 1.165) is 24.1 Å². The van der Waals surface area contributed by atoms with Crippen molar-refractivity contribution in [2.24, 2.45) is 12.8 Å². The summed E-state index contributed by atoms with van der Waals surface area (Å²) in [4.78, 5) is 0. The second kappa shape index (κ2) is 5.40. The first kappa shape index (κ1) is 12.9. The van der Waals surface area contributed by atoms with Gasteiger partial charge < -0.3 is 5.73 Å². The van der Waals surface area contributed by atoms with E-state index in [0.29, 0.717) is 8.67 Å². The molecule has 3 nitrogen and oxygen atoms in total. The van der Waals surface area contributed by atoms with Gasteiger partial charge in [0.1, 0.15) is 0 Å². The van der Waals surface area contributed by atoms with Gasteiger partial charge in [-0.15, -0.1) is 11.3 Å². The van der Waals surface area contributed by atoms with Gasteiger partial charge in [-0.2, -0.15) is 5.10 Å². The van der Waals surface area contributed by atoms with Crippen molar-refractivity contribution in [3.8, 4) is 0 Å². The summed E-state index contributed by atoms with van der Waals surface area (Å²) in [6, 6.07) is 3.76. The van der Waals surface area contributed by atoms with Crippen LogP contribution in [0.1, 0.15) is 23.7 Å². The third kappa shape index (κ3) is 3.01. The zero-order valence-corrected chi connectivity index (χ0v) is 11.7. The van der Waals surface area contributed by atoms with Crippen LogP contribution in [0.2, 0.25) is 8.67 Å². The average Bonchev–Trinajstić information content (AvgIpc) is 2.81. The fourth-order valence-corrected chi connectivity index (χ4v) is 3.31. The Morgan fingerprint density at radius 3 is 2.82 bits per heavy atom. The van der Waals surface area contributed by atoms with Gasteiger partial charge in [-0.05, 0) is 30.5 Å². The maximum atomic E-state index is 6.11. The summed E-state index contributed by atoms with van der Waals surface area (Å²) in [5.74, 6) is 0. The van der Waals surface area contributed by atoms with Crippen LogP contribution in [0.4, 0.5) is 0 Å². The molecule has 0 aliphatic carbocycles. The van der Waals surface area contributed by atoms with Crippen LogP contribution in [0, 0.1) is 0 Å². The molecule has 0 amide bonds. The number of rotatable bonds is 4. The Hall–Kier alpha value is -0.550. The highest BCUT2D eigenvalue weighted by atomic mass is 35.5. The fraction of sp³-hybridized carbons (Fsp3) is 0.364. The lowest BCUT2D eigenvalue weighted by Gasteiger charge is -2.10. The number of nitrogens with two attached hydrogens (primary N) is 1. The van der Waals surface area contributed by atoms with E-state index < -0.39 is 0 Å². The third-order valence-corrected chi connectivity index (χ3v) is 4.23. The Bertz CT molecular complexity index is 507. The molecule has 0 fully saturated rings. The number of nitrogens with zero attached hydrogens (tertiary/aromatic N) is 2. The highest BCUT2D eigenvalue weighted by Crippen LogP contribution is 2.35. The lowest BCUT2D eigenvalue weighted by molar-refractivity contribution is 0.615. The molecule has 92 valence electrons. The van der Waals surface area contributed by atoms with E-state index in [9.17, 15) is 0 Å². The number of aromatic nitrogens is 2. The van der Waals surface area contributed by atoms with Crippen LogP contribution >= 0.6 is 34.5 Å². The SMILES string of the molecule is Cn1nccc1CCC(N)c1cc(Cl)sc1Cl. The van der Waals surface area contributed by atoms with Crippen molar-refractivity contribution in [3.05, 3.63) is 38.3 Å². The number of hydrogen-bond donors (Lipinski definition) is 1. The highest BCUT2D eigenvalue weighted by molar-refractivity contribution is 7.20. The van der Waals surface area contributed by atoms with Gasteiger partial charge in [0.05, 0.1) is 8.67 Å². The lowest BCUT2D eigenvalue weighted by Crippen LogP contribution is -2.12. The lowest BCUT2D eigenvalue weighted by atomic mass is 10.1. The number of halogens is 2. The molecule has 2 aromatic rings. The van der Waals surface area contributed by atoms with Crippen molar-refractivity contribution in [3.63, 3.8) is 0 Å². The van der Waals surface area contributed by atoms with Crippen LogP contribution in [0.25, 0.3) is 0 Å². The minimum Gasteiger partial charge on any atom is -0.324 e. The molecule has 0 radical (unpaired) electrons. The van der Waals surface area contributed by atoms with E-state index >= 15 is 0 Å². The molecule has 0 aromatic carbocycles. The molecule has 17 heavy (non-hydrogen) atoms. The molecule has 0 saturated heterocycles. The van der Waals surface area contributed by atoms with E-state index in [1.54, 1.807) is 6.20 Å². The zero-order chi connectivity index (χ0) is 12.4. The van der Waals surface area contributed by atoms with Gasteiger partial charge in [-0.3, -0.25) is 4.68 Å². The summed E-state index contributed by atoms with van der Waals surface area (Å²) in [7, 11) is 1.93. The van der Waals surface area contributed by atoms with Crippen LogP contribution in [-0.4, -0.2) is 9.78 Å². The van der Waals surface area contributed by atoms with Gasteiger partial charge in [0.15, 0.2) is 0 Å². The van der Waals surface area contributed by atoms with E-state index in [2.05, 4.69) is 5.10 Å². The monoisotopic (exact) mass is 289 g/mol. The number of aryl methyl sites for hydroxylation is 2. The maximum Gasteiger partial charge on any atom is 0.0991 e. The minimum atomic E-state index is -0.0823. The van der Waals surface area contributed by atoms with Crippen LogP contribution in [0.3, 0.4) is 0 Å². The highest BCUT2D eigenvalue weighted by Gasteiger charge is 2.14. The second-order valence-corrected chi connectivity index (χ2v) is 6.16. The van der Waals surface area contributed by atoms with Gasteiger partial charge in [-0.1, -0.05) is 23.2 Å². The maximum absolute atomic E-state index is 6.11. The fourth-order valence-electron chi connectivity index (χ4n) is 1.71. The molecule has 0 spiro atoms. The van der Waals surface area contributed by atoms with Gasteiger partial charge in [-0.25, -0.2) is 0 Å². The van der Waals surface area contributed by atoms with Gasteiger partial charge in [0, 0.05) is 25.0 Å². The molecule has 0 aliphatic rings. The van der Waals surface area contributed by atoms with Crippen LogP contribution in [0.15, 0.2) is 18.3 Å². The summed E-state index contributed by atoms with van der Waals surface area (Å²) in [6.07, 6.45) is 3.49. The molecule has 2 N–H and O–H groups in total. The quantitative estimate of drug-likeness (QED) is 0.937. The third-order valence-electron chi connectivity index (χ3n) is 2.72. The summed E-state index contributed by atoms with van der Waals surface area (Å²) >= 11 is 13.3. The van der Waals surface area contributed by atoms with E-state index in [4.69, 9.17) is 28.9 Å².